The average Bonchev–Trinajstić information content (AvgIpc) is 2.60. The molecule has 1 heterocycles. The smallest absolute Gasteiger partial charge is 0.0845 e. The first-order valence-corrected chi connectivity index (χ1v) is 4.98. The molecule has 1 N–H and O–H groups in total. The van der Waals surface area contributed by atoms with Crippen LogP contribution in [-0.2, 0) is 7.05 Å². The van der Waals surface area contributed by atoms with Gasteiger partial charge in [0.25, 0.3) is 0 Å². The first-order chi connectivity index (χ1) is 7.20. The topological polar surface area (TPSA) is 17.0 Å². The van der Waals surface area contributed by atoms with Crippen LogP contribution in [0.5, 0.6) is 0 Å². The summed E-state index contributed by atoms with van der Waals surface area (Å²) in [7, 11) is 2.04. The Labute approximate surface area is 89.9 Å². The van der Waals surface area contributed by atoms with E-state index in [1.165, 1.54) is 10.9 Å². The van der Waals surface area contributed by atoms with Gasteiger partial charge in [-0.25, -0.2) is 0 Å². The van der Waals surface area contributed by atoms with Crippen LogP contribution in [-0.4, -0.2) is 10.6 Å². The highest BCUT2D eigenvalue weighted by Crippen LogP contribution is 2.19. The van der Waals surface area contributed by atoms with E-state index >= 15 is 0 Å². The van der Waals surface area contributed by atoms with Crippen LogP contribution < -0.4 is 5.32 Å². The summed E-state index contributed by atoms with van der Waals surface area (Å²) in [6, 6.07) is 8.42. The second-order valence-corrected chi connectivity index (χ2v) is 3.73. The molecule has 2 rings (SSSR count). The van der Waals surface area contributed by atoms with E-state index in [9.17, 15) is 0 Å². The summed E-state index contributed by atoms with van der Waals surface area (Å²) >= 11 is 0. The number of hydrogen-bond acceptors (Lipinski definition) is 1. The second-order valence-electron chi connectivity index (χ2n) is 3.73. The summed E-state index contributed by atoms with van der Waals surface area (Å²) in [5.41, 5.74) is 2.30. The Bertz CT molecular complexity index is 517. The van der Waals surface area contributed by atoms with Crippen LogP contribution in [0.2, 0.25) is 0 Å². The van der Waals surface area contributed by atoms with E-state index in [-0.39, 0.29) is 6.04 Å². The van der Waals surface area contributed by atoms with Crippen LogP contribution in [0.4, 0.5) is 5.69 Å². The van der Waals surface area contributed by atoms with Gasteiger partial charge in [0.1, 0.15) is 0 Å². The van der Waals surface area contributed by atoms with Gasteiger partial charge in [-0.1, -0.05) is 5.92 Å². The van der Waals surface area contributed by atoms with E-state index in [0.29, 0.717) is 0 Å². The maximum Gasteiger partial charge on any atom is 0.0845 e. The minimum absolute atomic E-state index is 0.0613. The lowest BCUT2D eigenvalue weighted by Crippen LogP contribution is -2.11. The van der Waals surface area contributed by atoms with Crippen molar-refractivity contribution in [2.75, 3.05) is 5.32 Å². The maximum atomic E-state index is 5.32. The summed E-state index contributed by atoms with van der Waals surface area (Å²) < 4.78 is 2.10. The molecule has 0 aliphatic heterocycles. The Kier molecular flexibility index (Phi) is 2.39. The van der Waals surface area contributed by atoms with Crippen molar-refractivity contribution in [2.24, 2.45) is 7.05 Å². The SMILES string of the molecule is C#CC(C)Nc1ccc2c(ccn2C)c1. The summed E-state index contributed by atoms with van der Waals surface area (Å²) in [5.74, 6) is 2.65. The third-order valence-corrected chi connectivity index (χ3v) is 2.52. The molecule has 1 aromatic carbocycles. The Hall–Kier alpha value is -1.88. The van der Waals surface area contributed by atoms with Crippen LogP contribution in [0.15, 0.2) is 30.5 Å². The molecule has 2 aromatic rings. The molecule has 0 saturated heterocycles. The number of nitrogens with zero attached hydrogens (tertiary/aromatic N) is 1. The first-order valence-electron chi connectivity index (χ1n) is 4.98. The van der Waals surface area contributed by atoms with Gasteiger partial charge >= 0.3 is 0 Å². The summed E-state index contributed by atoms with van der Waals surface area (Å²) in [6.07, 6.45) is 7.37. The minimum atomic E-state index is 0.0613. The predicted octanol–water partition coefficient (Wildman–Crippen LogP) is 2.61. The molecule has 2 nitrogen and oxygen atoms in total. The van der Waals surface area contributed by atoms with Gasteiger partial charge in [-0.15, -0.1) is 6.42 Å². The molecule has 0 spiro atoms. The molecule has 2 heteroatoms. The van der Waals surface area contributed by atoms with Gasteiger partial charge in [0.2, 0.25) is 0 Å². The van der Waals surface area contributed by atoms with E-state index in [0.717, 1.165) is 5.69 Å². The van der Waals surface area contributed by atoms with E-state index in [1.54, 1.807) is 0 Å². The number of terminal acetylenes is 1. The lowest BCUT2D eigenvalue weighted by molar-refractivity contribution is 0.969. The van der Waals surface area contributed by atoms with Crippen molar-refractivity contribution in [3.8, 4) is 12.3 Å². The van der Waals surface area contributed by atoms with Crippen molar-refractivity contribution < 1.29 is 0 Å². The number of aromatic nitrogens is 1. The fourth-order valence-electron chi connectivity index (χ4n) is 1.66. The standard InChI is InChI=1S/C13H14N2/c1-4-10(2)14-12-5-6-13-11(9-12)7-8-15(13)3/h1,5-10,14H,2-3H3. The van der Waals surface area contributed by atoms with Gasteiger partial charge in [-0.2, -0.15) is 0 Å². The molecule has 76 valence electrons. The van der Waals surface area contributed by atoms with Crippen molar-refractivity contribution in [3.05, 3.63) is 30.5 Å². The van der Waals surface area contributed by atoms with Crippen molar-refractivity contribution in [1.82, 2.24) is 4.57 Å². The van der Waals surface area contributed by atoms with Gasteiger partial charge in [0, 0.05) is 29.8 Å². The Morgan fingerprint density at radius 2 is 2.20 bits per heavy atom. The molecule has 0 aliphatic rings. The number of benzene rings is 1. The van der Waals surface area contributed by atoms with Crippen LogP contribution in [0.3, 0.4) is 0 Å². The zero-order chi connectivity index (χ0) is 10.8. The number of rotatable bonds is 2. The number of aryl methyl sites for hydroxylation is 1. The van der Waals surface area contributed by atoms with E-state index in [2.05, 4.69) is 46.3 Å². The zero-order valence-electron chi connectivity index (χ0n) is 8.99. The Morgan fingerprint density at radius 3 is 2.93 bits per heavy atom. The molecule has 0 fully saturated rings. The van der Waals surface area contributed by atoms with E-state index < -0.39 is 0 Å². The Morgan fingerprint density at radius 1 is 1.40 bits per heavy atom. The number of hydrogen-bond donors (Lipinski definition) is 1. The summed E-state index contributed by atoms with van der Waals surface area (Å²) in [5, 5.41) is 4.48. The van der Waals surface area contributed by atoms with E-state index in [4.69, 9.17) is 6.42 Å². The quantitative estimate of drug-likeness (QED) is 0.734. The molecule has 0 bridgehead atoms. The summed E-state index contributed by atoms with van der Waals surface area (Å²) in [4.78, 5) is 0. The molecule has 0 saturated carbocycles. The number of nitrogens with one attached hydrogen (secondary N) is 1. The number of anilines is 1. The van der Waals surface area contributed by atoms with E-state index in [1.807, 2.05) is 14.0 Å². The molecule has 1 aromatic heterocycles. The molecule has 15 heavy (non-hydrogen) atoms. The predicted molar refractivity (Wildman–Crippen MR) is 64.8 cm³/mol. The van der Waals surface area contributed by atoms with Gasteiger partial charge in [-0.05, 0) is 31.2 Å². The van der Waals surface area contributed by atoms with Gasteiger partial charge in [-0.3, -0.25) is 0 Å². The van der Waals surface area contributed by atoms with Crippen LogP contribution in [0.1, 0.15) is 6.92 Å². The molecular formula is C13H14N2. The minimum Gasteiger partial charge on any atom is -0.372 e. The third-order valence-electron chi connectivity index (χ3n) is 2.52. The third kappa shape index (κ3) is 1.82. The largest absolute Gasteiger partial charge is 0.372 e. The van der Waals surface area contributed by atoms with Crippen molar-refractivity contribution >= 4 is 16.6 Å². The van der Waals surface area contributed by atoms with Crippen LogP contribution in [0, 0.1) is 12.3 Å². The van der Waals surface area contributed by atoms with Crippen molar-refractivity contribution in [3.63, 3.8) is 0 Å². The summed E-state index contributed by atoms with van der Waals surface area (Å²) in [6.45, 7) is 1.97. The molecule has 0 radical (unpaired) electrons. The highest BCUT2D eigenvalue weighted by Gasteiger charge is 2.01. The molecule has 1 atom stereocenters. The monoisotopic (exact) mass is 198 g/mol. The fraction of sp³-hybridized carbons (Fsp3) is 0.231. The van der Waals surface area contributed by atoms with Gasteiger partial charge in [0.15, 0.2) is 0 Å². The molecule has 0 aliphatic carbocycles. The lowest BCUT2D eigenvalue weighted by atomic mass is 10.2. The molecular weight excluding hydrogens is 184 g/mol. The second kappa shape index (κ2) is 3.70. The number of fused-ring (bicyclic) bond motifs is 1. The highest BCUT2D eigenvalue weighted by atomic mass is 14.9. The zero-order valence-corrected chi connectivity index (χ0v) is 8.99. The average molecular weight is 198 g/mol. The molecule has 1 unspecified atom stereocenters. The van der Waals surface area contributed by atoms with Crippen LogP contribution >= 0.6 is 0 Å². The maximum absolute atomic E-state index is 5.32. The highest BCUT2D eigenvalue weighted by molar-refractivity contribution is 5.83. The lowest BCUT2D eigenvalue weighted by Gasteiger charge is -2.09. The van der Waals surface area contributed by atoms with Crippen molar-refractivity contribution in [2.45, 2.75) is 13.0 Å². The first kappa shape index (κ1) is 9.67. The van der Waals surface area contributed by atoms with Gasteiger partial charge in [0.05, 0.1) is 6.04 Å². The Balaban J connectivity index is 2.36. The van der Waals surface area contributed by atoms with Crippen molar-refractivity contribution in [1.29, 1.82) is 0 Å². The normalized spacial score (nSPS) is 12.3. The van der Waals surface area contributed by atoms with Crippen LogP contribution in [0.25, 0.3) is 10.9 Å². The fourth-order valence-corrected chi connectivity index (χ4v) is 1.66. The van der Waals surface area contributed by atoms with Gasteiger partial charge < -0.3 is 9.88 Å². The molecule has 0 amide bonds.